The third kappa shape index (κ3) is 3.09. The van der Waals surface area contributed by atoms with Crippen molar-refractivity contribution >= 4 is 0 Å². The second kappa shape index (κ2) is 4.21. The molecule has 72 valence electrons. The van der Waals surface area contributed by atoms with Gasteiger partial charge in [-0.25, -0.2) is 0 Å². The fourth-order valence-electron chi connectivity index (χ4n) is 1.08. The minimum Gasteiger partial charge on any atom is -0.394 e. The molecule has 1 aliphatic rings. The van der Waals surface area contributed by atoms with E-state index in [0.717, 1.165) is 6.42 Å². The number of ether oxygens (including phenoxy) is 1. The summed E-state index contributed by atoms with van der Waals surface area (Å²) in [5.41, 5.74) is 5.26. The van der Waals surface area contributed by atoms with Gasteiger partial charge in [-0.3, -0.25) is 0 Å². The van der Waals surface area contributed by atoms with Gasteiger partial charge in [0, 0.05) is 12.1 Å². The number of aliphatic hydroxyl groups is 1. The van der Waals surface area contributed by atoms with Crippen LogP contribution >= 0.6 is 0 Å². The van der Waals surface area contributed by atoms with E-state index in [4.69, 9.17) is 15.6 Å². The normalized spacial score (nSPS) is 23.2. The van der Waals surface area contributed by atoms with Crippen LogP contribution in [-0.2, 0) is 4.74 Å². The zero-order valence-electron chi connectivity index (χ0n) is 7.75. The molecule has 0 spiro atoms. The first-order valence-electron chi connectivity index (χ1n) is 4.65. The van der Waals surface area contributed by atoms with E-state index >= 15 is 0 Å². The van der Waals surface area contributed by atoms with Crippen LogP contribution in [0.2, 0.25) is 0 Å². The SMILES string of the molecule is CC(N)(CO)CCOC1CCC1. The van der Waals surface area contributed by atoms with Crippen molar-refractivity contribution in [2.24, 2.45) is 5.73 Å². The van der Waals surface area contributed by atoms with Crippen molar-refractivity contribution in [2.75, 3.05) is 13.2 Å². The molecule has 0 saturated heterocycles. The zero-order valence-corrected chi connectivity index (χ0v) is 7.75. The lowest BCUT2D eigenvalue weighted by molar-refractivity contribution is -0.00787. The first-order chi connectivity index (χ1) is 5.64. The van der Waals surface area contributed by atoms with Crippen molar-refractivity contribution in [2.45, 2.75) is 44.2 Å². The molecule has 0 heterocycles. The van der Waals surface area contributed by atoms with Crippen molar-refractivity contribution in [3.8, 4) is 0 Å². The highest BCUT2D eigenvalue weighted by atomic mass is 16.5. The lowest BCUT2D eigenvalue weighted by Crippen LogP contribution is -2.41. The van der Waals surface area contributed by atoms with Gasteiger partial charge in [-0.1, -0.05) is 0 Å². The van der Waals surface area contributed by atoms with Gasteiger partial charge >= 0.3 is 0 Å². The molecular formula is C9H19NO2. The second-order valence-corrected chi connectivity index (χ2v) is 3.99. The molecule has 1 saturated carbocycles. The van der Waals surface area contributed by atoms with Crippen LogP contribution in [0.5, 0.6) is 0 Å². The molecule has 1 rings (SSSR count). The smallest absolute Gasteiger partial charge is 0.0609 e. The Morgan fingerprint density at radius 3 is 2.67 bits per heavy atom. The maximum Gasteiger partial charge on any atom is 0.0609 e. The Labute approximate surface area is 73.9 Å². The van der Waals surface area contributed by atoms with E-state index < -0.39 is 5.54 Å². The number of rotatable bonds is 5. The van der Waals surface area contributed by atoms with Gasteiger partial charge in [-0.2, -0.15) is 0 Å². The van der Waals surface area contributed by atoms with Crippen LogP contribution in [0.15, 0.2) is 0 Å². The Hall–Kier alpha value is -0.120. The first-order valence-corrected chi connectivity index (χ1v) is 4.65. The minimum absolute atomic E-state index is 0.0288. The molecule has 0 aromatic rings. The quantitative estimate of drug-likeness (QED) is 0.642. The summed E-state index contributed by atoms with van der Waals surface area (Å²) in [5, 5.41) is 8.85. The van der Waals surface area contributed by atoms with Gasteiger partial charge in [0.2, 0.25) is 0 Å². The Kier molecular flexibility index (Phi) is 3.50. The largest absolute Gasteiger partial charge is 0.394 e. The third-order valence-corrected chi connectivity index (χ3v) is 2.44. The molecule has 1 atom stereocenters. The monoisotopic (exact) mass is 173 g/mol. The number of hydrogen-bond acceptors (Lipinski definition) is 3. The van der Waals surface area contributed by atoms with E-state index in [1.807, 2.05) is 6.92 Å². The Bertz CT molecular complexity index is 132. The molecule has 1 fully saturated rings. The molecule has 1 unspecified atom stereocenters. The third-order valence-electron chi connectivity index (χ3n) is 2.44. The highest BCUT2D eigenvalue weighted by Crippen LogP contribution is 2.22. The summed E-state index contributed by atoms with van der Waals surface area (Å²) in [6.07, 6.45) is 4.89. The van der Waals surface area contributed by atoms with Crippen molar-refractivity contribution in [3.63, 3.8) is 0 Å². The van der Waals surface area contributed by atoms with Gasteiger partial charge in [-0.05, 0) is 32.6 Å². The molecule has 0 amide bonds. The van der Waals surface area contributed by atoms with Gasteiger partial charge in [0.1, 0.15) is 0 Å². The molecule has 0 bridgehead atoms. The molecular weight excluding hydrogens is 154 g/mol. The Balaban J connectivity index is 2.00. The summed E-state index contributed by atoms with van der Waals surface area (Å²) in [6, 6.07) is 0. The molecule has 3 N–H and O–H groups in total. The van der Waals surface area contributed by atoms with Crippen molar-refractivity contribution in [1.29, 1.82) is 0 Å². The molecule has 0 aromatic carbocycles. The zero-order chi connectivity index (χ0) is 9.03. The van der Waals surface area contributed by atoms with Gasteiger partial charge in [0.05, 0.1) is 12.7 Å². The van der Waals surface area contributed by atoms with Crippen molar-refractivity contribution in [1.82, 2.24) is 0 Å². The second-order valence-electron chi connectivity index (χ2n) is 3.99. The fraction of sp³-hybridized carbons (Fsp3) is 1.00. The average Bonchev–Trinajstić information content (AvgIpc) is 1.95. The van der Waals surface area contributed by atoms with Gasteiger partial charge in [0.15, 0.2) is 0 Å². The van der Waals surface area contributed by atoms with Crippen molar-refractivity contribution < 1.29 is 9.84 Å². The maximum absolute atomic E-state index is 8.85. The van der Waals surface area contributed by atoms with Crippen LogP contribution in [0.1, 0.15) is 32.6 Å². The van der Waals surface area contributed by atoms with E-state index in [0.29, 0.717) is 12.7 Å². The predicted molar refractivity (Wildman–Crippen MR) is 47.9 cm³/mol. The van der Waals surface area contributed by atoms with E-state index in [2.05, 4.69) is 0 Å². The Morgan fingerprint density at radius 2 is 2.25 bits per heavy atom. The van der Waals surface area contributed by atoms with Crippen LogP contribution in [0.3, 0.4) is 0 Å². The Morgan fingerprint density at radius 1 is 1.58 bits per heavy atom. The van der Waals surface area contributed by atoms with Gasteiger partial charge in [-0.15, -0.1) is 0 Å². The summed E-state index contributed by atoms with van der Waals surface area (Å²) in [6.45, 7) is 2.55. The lowest BCUT2D eigenvalue weighted by atomic mass is 9.96. The molecule has 0 radical (unpaired) electrons. The van der Waals surface area contributed by atoms with Crippen LogP contribution in [0.4, 0.5) is 0 Å². The maximum atomic E-state index is 8.85. The summed E-state index contributed by atoms with van der Waals surface area (Å²) in [5.74, 6) is 0. The fourth-order valence-corrected chi connectivity index (χ4v) is 1.08. The lowest BCUT2D eigenvalue weighted by Gasteiger charge is -2.28. The number of nitrogens with two attached hydrogens (primary N) is 1. The summed E-state index contributed by atoms with van der Waals surface area (Å²) in [7, 11) is 0. The van der Waals surface area contributed by atoms with E-state index in [1.165, 1.54) is 19.3 Å². The molecule has 12 heavy (non-hydrogen) atoms. The first kappa shape index (κ1) is 9.96. The van der Waals surface area contributed by atoms with Crippen LogP contribution in [0.25, 0.3) is 0 Å². The van der Waals surface area contributed by atoms with Crippen LogP contribution in [-0.4, -0.2) is 30.0 Å². The van der Waals surface area contributed by atoms with E-state index in [-0.39, 0.29) is 6.61 Å². The van der Waals surface area contributed by atoms with E-state index in [9.17, 15) is 0 Å². The standard InChI is InChI=1S/C9H19NO2/c1-9(10,7-11)5-6-12-8-3-2-4-8/h8,11H,2-7,10H2,1H3. The molecule has 3 heteroatoms. The average molecular weight is 173 g/mol. The van der Waals surface area contributed by atoms with Crippen LogP contribution in [0, 0.1) is 0 Å². The van der Waals surface area contributed by atoms with Crippen molar-refractivity contribution in [3.05, 3.63) is 0 Å². The predicted octanol–water partition coefficient (Wildman–Crippen LogP) is 0.655. The summed E-state index contributed by atoms with van der Waals surface area (Å²) < 4.78 is 5.52. The van der Waals surface area contributed by atoms with E-state index in [1.54, 1.807) is 0 Å². The minimum atomic E-state index is -0.469. The van der Waals surface area contributed by atoms with Gasteiger partial charge < -0.3 is 15.6 Å². The molecule has 3 nitrogen and oxygen atoms in total. The molecule has 0 aliphatic heterocycles. The summed E-state index contributed by atoms with van der Waals surface area (Å²) in [4.78, 5) is 0. The highest BCUT2D eigenvalue weighted by molar-refractivity contribution is 4.77. The highest BCUT2D eigenvalue weighted by Gasteiger charge is 2.20. The number of aliphatic hydroxyl groups excluding tert-OH is 1. The van der Waals surface area contributed by atoms with Crippen LogP contribution < -0.4 is 5.73 Å². The topological polar surface area (TPSA) is 55.5 Å². The van der Waals surface area contributed by atoms with Gasteiger partial charge in [0.25, 0.3) is 0 Å². The summed E-state index contributed by atoms with van der Waals surface area (Å²) >= 11 is 0. The molecule has 0 aromatic heterocycles. The number of hydrogen-bond donors (Lipinski definition) is 2. The molecule has 1 aliphatic carbocycles.